The number of carboxylic acid groups (broad SMARTS) is 1. The molecule has 0 saturated carbocycles. The van der Waals surface area contributed by atoms with Gasteiger partial charge in [0.1, 0.15) is 11.7 Å². The minimum absolute atomic E-state index is 0.0751. The van der Waals surface area contributed by atoms with E-state index in [1.165, 1.54) is 0 Å². The van der Waals surface area contributed by atoms with Crippen LogP contribution in [-0.2, 0) is 30.7 Å². The van der Waals surface area contributed by atoms with Gasteiger partial charge in [0.15, 0.2) is 5.79 Å². The predicted molar refractivity (Wildman–Crippen MR) is 152 cm³/mol. The lowest BCUT2D eigenvalue weighted by Gasteiger charge is -2.35. The summed E-state index contributed by atoms with van der Waals surface area (Å²) in [4.78, 5) is 23.1. The third-order valence-corrected chi connectivity index (χ3v) is 6.70. The van der Waals surface area contributed by atoms with Gasteiger partial charge in [0.25, 0.3) is 0 Å². The summed E-state index contributed by atoms with van der Waals surface area (Å²) in [6, 6.07) is 9.52. The first-order valence-corrected chi connectivity index (χ1v) is 14.5. The first-order chi connectivity index (χ1) is 18.8. The minimum atomic E-state index is -1.37. The Hall–Kier alpha value is -2.03. The summed E-state index contributed by atoms with van der Waals surface area (Å²) in [6.45, 7) is 5.93. The SMILES string of the molecule is CCCCC[C@@H](C=CC=CCCCCCC[C@@](CCCO)(OCc1ccccc1)C(=O)[O-])OOC(C)(C)OC. The summed E-state index contributed by atoms with van der Waals surface area (Å²) < 4.78 is 11.2. The Bertz CT molecular complexity index is 806. The van der Waals surface area contributed by atoms with E-state index < -0.39 is 17.4 Å². The maximum Gasteiger partial charge on any atom is 0.195 e. The molecule has 7 nitrogen and oxygen atoms in total. The fraction of sp³-hybridized carbons (Fsp3) is 0.656. The molecule has 0 heterocycles. The Morgan fingerprint density at radius 3 is 2.38 bits per heavy atom. The number of allylic oxidation sites excluding steroid dienone is 3. The highest BCUT2D eigenvalue weighted by Crippen LogP contribution is 2.27. The van der Waals surface area contributed by atoms with E-state index in [9.17, 15) is 15.0 Å². The van der Waals surface area contributed by atoms with E-state index in [0.29, 0.717) is 12.8 Å². The van der Waals surface area contributed by atoms with Gasteiger partial charge in [-0.25, -0.2) is 9.78 Å². The summed E-state index contributed by atoms with van der Waals surface area (Å²) in [7, 11) is 1.59. The van der Waals surface area contributed by atoms with Gasteiger partial charge in [-0.1, -0.05) is 100 Å². The van der Waals surface area contributed by atoms with E-state index in [2.05, 4.69) is 13.0 Å². The number of unbranched alkanes of at least 4 members (excludes halogenated alkanes) is 6. The highest BCUT2D eigenvalue weighted by atomic mass is 17.2. The molecule has 0 radical (unpaired) electrons. The van der Waals surface area contributed by atoms with Crippen molar-refractivity contribution in [3.63, 3.8) is 0 Å². The Labute approximate surface area is 236 Å². The van der Waals surface area contributed by atoms with Crippen LogP contribution in [0.1, 0.15) is 103 Å². The number of carbonyl (C=O) groups is 1. The van der Waals surface area contributed by atoms with Gasteiger partial charge in [-0.2, -0.15) is 0 Å². The summed E-state index contributed by atoms with van der Waals surface area (Å²) in [5, 5.41) is 21.4. The highest BCUT2D eigenvalue weighted by Gasteiger charge is 2.32. The van der Waals surface area contributed by atoms with Crippen molar-refractivity contribution in [2.24, 2.45) is 0 Å². The zero-order valence-electron chi connectivity index (χ0n) is 24.6. The Balaban J connectivity index is 2.44. The van der Waals surface area contributed by atoms with Gasteiger partial charge in [0.05, 0.1) is 12.6 Å². The highest BCUT2D eigenvalue weighted by molar-refractivity contribution is 5.75. The molecule has 1 N–H and O–H groups in total. The molecule has 0 unspecified atom stereocenters. The van der Waals surface area contributed by atoms with Crippen LogP contribution >= 0.6 is 0 Å². The van der Waals surface area contributed by atoms with Gasteiger partial charge >= 0.3 is 0 Å². The predicted octanol–water partition coefficient (Wildman–Crippen LogP) is 6.20. The second-order valence-corrected chi connectivity index (χ2v) is 10.5. The van der Waals surface area contributed by atoms with Crippen LogP contribution in [0.4, 0.5) is 0 Å². The Kier molecular flexibility index (Phi) is 18.7. The molecule has 0 fully saturated rings. The van der Waals surface area contributed by atoms with Crippen molar-refractivity contribution in [1.82, 2.24) is 0 Å². The molecule has 1 aromatic rings. The van der Waals surface area contributed by atoms with Crippen molar-refractivity contribution < 1.29 is 34.3 Å². The second kappa shape index (κ2) is 20.8. The second-order valence-electron chi connectivity index (χ2n) is 10.5. The van der Waals surface area contributed by atoms with Crippen molar-refractivity contribution in [2.75, 3.05) is 13.7 Å². The third-order valence-electron chi connectivity index (χ3n) is 6.70. The number of carbonyl (C=O) groups excluding carboxylic acids is 1. The molecule has 0 saturated heterocycles. The van der Waals surface area contributed by atoms with Crippen LogP contribution in [0.3, 0.4) is 0 Å². The van der Waals surface area contributed by atoms with Crippen molar-refractivity contribution in [1.29, 1.82) is 0 Å². The van der Waals surface area contributed by atoms with Crippen LogP contribution in [0.2, 0.25) is 0 Å². The molecule has 1 rings (SSSR count). The third kappa shape index (κ3) is 16.0. The molecule has 0 aliphatic heterocycles. The molecule has 39 heavy (non-hydrogen) atoms. The lowest BCUT2D eigenvalue weighted by Crippen LogP contribution is -2.50. The average Bonchev–Trinajstić information content (AvgIpc) is 2.94. The average molecular weight is 548 g/mol. The molecule has 0 aliphatic carbocycles. The molecule has 0 aromatic heterocycles. The van der Waals surface area contributed by atoms with Gasteiger partial charge in [-0.3, -0.25) is 0 Å². The number of hydrogen-bond acceptors (Lipinski definition) is 7. The van der Waals surface area contributed by atoms with Crippen LogP contribution < -0.4 is 5.11 Å². The zero-order chi connectivity index (χ0) is 28.8. The number of hydrogen-bond donors (Lipinski definition) is 1. The van der Waals surface area contributed by atoms with Crippen LogP contribution in [0.5, 0.6) is 0 Å². The number of ether oxygens (including phenoxy) is 2. The lowest BCUT2D eigenvalue weighted by molar-refractivity contribution is -0.425. The largest absolute Gasteiger partial charge is 0.547 e. The van der Waals surface area contributed by atoms with Gasteiger partial charge in [0, 0.05) is 13.7 Å². The number of benzene rings is 1. The van der Waals surface area contributed by atoms with Gasteiger partial charge in [-0.05, 0) is 57.9 Å². The fourth-order valence-electron chi connectivity index (χ4n) is 4.07. The molecule has 1 aromatic carbocycles. The molecule has 222 valence electrons. The van der Waals surface area contributed by atoms with Crippen molar-refractivity contribution in [2.45, 2.75) is 122 Å². The van der Waals surface area contributed by atoms with E-state index >= 15 is 0 Å². The lowest BCUT2D eigenvalue weighted by atomic mass is 9.90. The first-order valence-electron chi connectivity index (χ1n) is 14.5. The molecule has 2 atom stereocenters. The summed E-state index contributed by atoms with van der Waals surface area (Å²) >= 11 is 0. The molecular weight excluding hydrogens is 496 g/mol. The van der Waals surface area contributed by atoms with Crippen molar-refractivity contribution >= 4 is 5.97 Å². The summed E-state index contributed by atoms with van der Waals surface area (Å²) in [5.41, 5.74) is -0.459. The Morgan fingerprint density at radius 1 is 1.00 bits per heavy atom. The Morgan fingerprint density at radius 2 is 1.72 bits per heavy atom. The quantitative estimate of drug-likeness (QED) is 0.0541. The normalized spacial score (nSPS) is 14.7. The molecule has 0 bridgehead atoms. The van der Waals surface area contributed by atoms with E-state index in [-0.39, 0.29) is 25.7 Å². The summed E-state index contributed by atoms with van der Waals surface area (Å²) in [6.07, 6.45) is 17.9. The van der Waals surface area contributed by atoms with Gasteiger partial charge in [-0.15, -0.1) is 0 Å². The molecule has 0 amide bonds. The molecule has 0 spiro atoms. The van der Waals surface area contributed by atoms with Crippen LogP contribution in [0, 0.1) is 0 Å². The summed E-state index contributed by atoms with van der Waals surface area (Å²) in [5.74, 6) is -1.99. The zero-order valence-corrected chi connectivity index (χ0v) is 24.6. The molecular formula is C32H51O7-. The standard InChI is InChI=1S/C32H52O7/c1-5-6-14-22-29(38-39-31(2,3)36-4)23-17-11-9-7-8-10-12-18-24-32(30(34)35,25-19-26-33)37-27-28-20-15-13-16-21-28/h9,11,13,15-17,20-21,23,29,33H,5-8,10,12,14,18-19,22,24-27H2,1-4H3,(H,34,35)/p-1/t29-,32-/m0/s1. The van der Waals surface area contributed by atoms with Crippen LogP contribution in [-0.4, -0.2) is 42.3 Å². The molecule has 7 heteroatoms. The maximum atomic E-state index is 12.1. The number of carboxylic acids is 1. The topological polar surface area (TPSA) is 97.3 Å². The smallest absolute Gasteiger partial charge is 0.195 e. The fourth-order valence-corrected chi connectivity index (χ4v) is 4.07. The van der Waals surface area contributed by atoms with Gasteiger partial charge in [0.2, 0.25) is 0 Å². The number of rotatable bonds is 24. The minimum Gasteiger partial charge on any atom is -0.547 e. The van der Waals surface area contributed by atoms with Crippen molar-refractivity contribution in [3.05, 3.63) is 60.2 Å². The van der Waals surface area contributed by atoms with Crippen molar-refractivity contribution in [3.8, 4) is 0 Å². The number of aliphatic carboxylic acids is 1. The van der Waals surface area contributed by atoms with E-state index in [1.54, 1.807) is 7.11 Å². The monoisotopic (exact) mass is 547 g/mol. The van der Waals surface area contributed by atoms with Crippen LogP contribution in [0.15, 0.2) is 54.6 Å². The first kappa shape index (κ1) is 35.0. The number of methoxy groups -OCH3 is 1. The maximum absolute atomic E-state index is 12.1. The van der Waals surface area contributed by atoms with E-state index in [0.717, 1.165) is 63.4 Å². The van der Waals surface area contributed by atoms with E-state index in [1.807, 2.05) is 62.4 Å². The number of aliphatic hydroxyl groups excluding tert-OH is 1. The molecule has 0 aliphatic rings. The van der Waals surface area contributed by atoms with E-state index in [4.69, 9.17) is 19.2 Å². The number of aliphatic hydroxyl groups is 1. The van der Waals surface area contributed by atoms with Gasteiger partial charge < -0.3 is 24.5 Å². The van der Waals surface area contributed by atoms with Crippen LogP contribution in [0.25, 0.3) is 0 Å².